The molecule has 5 rings (SSSR count). The molecule has 5 fully saturated rings. The van der Waals surface area contributed by atoms with Crippen LogP contribution in [0.4, 0.5) is 0 Å². The number of carbonyl (C=O) groups excluding carboxylic acids is 1. The zero-order chi connectivity index (χ0) is 21.8. The molecule has 7 unspecified atom stereocenters. The smallest absolute Gasteiger partial charge is 0.225 e. The monoisotopic (exact) mass is 450 g/mol. The van der Waals surface area contributed by atoms with Gasteiger partial charge in [-0.1, -0.05) is 0 Å². The number of nitrogens with zero attached hydrogens (tertiary/aromatic N) is 1. The van der Waals surface area contributed by atoms with Gasteiger partial charge < -0.3 is 24.9 Å². The molecule has 176 valence electrons. The third kappa shape index (κ3) is 4.03. The molecule has 0 radical (unpaired) electrons. The average Bonchev–Trinajstić information content (AvgIpc) is 3.35. The topological polar surface area (TPSA) is 85.0 Å². The Morgan fingerprint density at radius 1 is 1.10 bits per heavy atom. The normalized spacial score (nSPS) is 42.5. The number of amides is 1. The summed E-state index contributed by atoms with van der Waals surface area (Å²) in [6, 6.07) is 0. The van der Waals surface area contributed by atoms with Crippen molar-refractivity contribution < 1.29 is 19.1 Å². The number of fused-ring (bicyclic) bond motifs is 3. The van der Waals surface area contributed by atoms with Gasteiger partial charge in [-0.2, -0.15) is 0 Å². The van der Waals surface area contributed by atoms with Crippen LogP contribution in [0.5, 0.6) is 0 Å². The van der Waals surface area contributed by atoms with Crippen LogP contribution in [0.2, 0.25) is 18.6 Å². The maximum atomic E-state index is 13.5. The zero-order valence-corrected chi connectivity index (χ0v) is 20.4. The summed E-state index contributed by atoms with van der Waals surface area (Å²) >= 11 is 0. The Morgan fingerprint density at radius 3 is 2.55 bits per heavy atom. The lowest BCUT2D eigenvalue weighted by atomic mass is 9.63. The Balaban J connectivity index is 1.20. The van der Waals surface area contributed by atoms with Gasteiger partial charge in [0.1, 0.15) is 0 Å². The van der Waals surface area contributed by atoms with Gasteiger partial charge in [0.2, 0.25) is 5.91 Å². The second-order valence-electron chi connectivity index (χ2n) is 11.9. The molecule has 3 aliphatic heterocycles. The van der Waals surface area contributed by atoms with Crippen molar-refractivity contribution in [3.63, 3.8) is 0 Å². The first-order valence-electron chi connectivity index (χ1n) is 12.7. The van der Waals surface area contributed by atoms with Gasteiger partial charge in [0.15, 0.2) is 8.32 Å². The summed E-state index contributed by atoms with van der Waals surface area (Å²) in [5.74, 6) is 2.12. The van der Waals surface area contributed by atoms with Gasteiger partial charge in [0.05, 0.1) is 18.8 Å². The molecule has 2 saturated carbocycles. The number of hydrogen-bond donors (Lipinski definition) is 2. The zero-order valence-electron chi connectivity index (χ0n) is 19.4. The molecule has 0 aromatic heterocycles. The van der Waals surface area contributed by atoms with Crippen LogP contribution < -0.4 is 5.73 Å². The second kappa shape index (κ2) is 8.39. The van der Waals surface area contributed by atoms with E-state index in [4.69, 9.17) is 15.2 Å². The minimum atomic E-state index is -2.26. The van der Waals surface area contributed by atoms with Gasteiger partial charge in [-0.3, -0.25) is 4.79 Å². The fourth-order valence-electron chi connectivity index (χ4n) is 7.72. The highest BCUT2D eigenvalue weighted by Gasteiger charge is 2.54. The van der Waals surface area contributed by atoms with Crippen molar-refractivity contribution in [1.29, 1.82) is 0 Å². The van der Waals surface area contributed by atoms with E-state index in [0.717, 1.165) is 64.8 Å². The second-order valence-corrected chi connectivity index (χ2v) is 15.9. The highest BCUT2D eigenvalue weighted by Crippen LogP contribution is 2.53. The Labute approximate surface area is 188 Å². The summed E-state index contributed by atoms with van der Waals surface area (Å²) < 4.78 is 12.3. The van der Waals surface area contributed by atoms with Gasteiger partial charge in [-0.15, -0.1) is 0 Å². The van der Waals surface area contributed by atoms with Gasteiger partial charge in [-0.05, 0) is 88.8 Å². The molecule has 31 heavy (non-hydrogen) atoms. The van der Waals surface area contributed by atoms with Gasteiger partial charge in [-0.25, -0.2) is 0 Å². The van der Waals surface area contributed by atoms with E-state index in [1.165, 1.54) is 12.8 Å². The molecule has 2 aliphatic carbocycles. The Bertz CT molecular complexity index is 675. The van der Waals surface area contributed by atoms with Gasteiger partial charge in [0, 0.05) is 36.6 Å². The number of hydrogen-bond acceptors (Lipinski definition) is 5. The van der Waals surface area contributed by atoms with Crippen molar-refractivity contribution in [2.75, 3.05) is 32.8 Å². The van der Waals surface area contributed by atoms with E-state index in [1.54, 1.807) is 0 Å². The Hall–Kier alpha value is -0.473. The van der Waals surface area contributed by atoms with Crippen molar-refractivity contribution in [2.45, 2.75) is 82.2 Å². The van der Waals surface area contributed by atoms with Crippen LogP contribution >= 0.6 is 0 Å². The number of nitrogens with two attached hydrogens (primary N) is 1. The maximum absolute atomic E-state index is 13.5. The standard InChI is InChI=1S/C24H42N2O4Si/c1-31(2,28)22-14-29-20-6-4-17(12-18(20)22)23(27)26-9-7-24(8-10-26)15-30-21-5-3-16(13-25)11-19(21)24/h16-22,28H,3-15,25H2,1-2H3. The first-order chi connectivity index (χ1) is 14.8. The van der Waals surface area contributed by atoms with Gasteiger partial charge >= 0.3 is 0 Å². The Kier molecular flexibility index (Phi) is 6.04. The third-order valence-corrected chi connectivity index (χ3v) is 12.2. The fraction of sp³-hybridized carbons (Fsp3) is 0.958. The third-order valence-electron chi connectivity index (χ3n) is 9.77. The molecule has 1 spiro atoms. The van der Waals surface area contributed by atoms with Crippen molar-refractivity contribution in [3.05, 3.63) is 0 Å². The molecular formula is C24H42N2O4Si. The molecular weight excluding hydrogens is 408 g/mol. The average molecular weight is 451 g/mol. The summed E-state index contributed by atoms with van der Waals surface area (Å²) in [7, 11) is -2.26. The first-order valence-corrected chi connectivity index (χ1v) is 15.8. The largest absolute Gasteiger partial charge is 0.432 e. The molecule has 7 atom stereocenters. The number of ether oxygens (including phenoxy) is 2. The molecule has 7 heteroatoms. The van der Waals surface area contributed by atoms with Crippen LogP contribution in [0.3, 0.4) is 0 Å². The predicted molar refractivity (Wildman–Crippen MR) is 122 cm³/mol. The molecule has 1 amide bonds. The summed E-state index contributed by atoms with van der Waals surface area (Å²) in [4.78, 5) is 26.3. The van der Waals surface area contributed by atoms with Crippen molar-refractivity contribution in [1.82, 2.24) is 4.90 Å². The minimum Gasteiger partial charge on any atom is -0.432 e. The lowest BCUT2D eigenvalue weighted by molar-refractivity contribution is -0.140. The minimum absolute atomic E-state index is 0.111. The van der Waals surface area contributed by atoms with Gasteiger partial charge in [0.25, 0.3) is 0 Å². The Morgan fingerprint density at radius 2 is 1.84 bits per heavy atom. The lowest BCUT2D eigenvalue weighted by Gasteiger charge is -2.46. The quantitative estimate of drug-likeness (QED) is 0.646. The molecule has 3 saturated heterocycles. The number of carbonyl (C=O) groups is 1. The van der Waals surface area contributed by atoms with Crippen LogP contribution in [-0.4, -0.2) is 69.0 Å². The fourth-order valence-corrected chi connectivity index (χ4v) is 9.63. The van der Waals surface area contributed by atoms with Crippen LogP contribution in [0.1, 0.15) is 51.4 Å². The van der Waals surface area contributed by atoms with E-state index >= 15 is 0 Å². The lowest BCUT2D eigenvalue weighted by Crippen LogP contribution is -2.50. The molecule has 0 bridgehead atoms. The summed E-state index contributed by atoms with van der Waals surface area (Å²) in [6.07, 6.45) is 9.23. The summed E-state index contributed by atoms with van der Waals surface area (Å²) in [5, 5.41) is 0. The molecule has 6 nitrogen and oxygen atoms in total. The van der Waals surface area contributed by atoms with E-state index in [0.29, 0.717) is 36.4 Å². The van der Waals surface area contributed by atoms with Crippen LogP contribution in [0, 0.1) is 29.1 Å². The highest BCUT2D eigenvalue weighted by molar-refractivity contribution is 6.71. The van der Waals surface area contributed by atoms with Crippen molar-refractivity contribution in [2.24, 2.45) is 34.8 Å². The number of rotatable bonds is 3. The first kappa shape index (κ1) is 22.3. The van der Waals surface area contributed by atoms with Crippen LogP contribution in [0.15, 0.2) is 0 Å². The summed E-state index contributed by atoms with van der Waals surface area (Å²) in [5.41, 5.74) is 6.54. The van der Waals surface area contributed by atoms with E-state index in [1.807, 2.05) is 13.1 Å². The number of piperidine rings is 1. The molecule has 0 aromatic carbocycles. The van der Waals surface area contributed by atoms with E-state index in [9.17, 15) is 9.59 Å². The molecule has 0 aromatic rings. The summed E-state index contributed by atoms with van der Waals surface area (Å²) in [6.45, 7) is 8.17. The van der Waals surface area contributed by atoms with E-state index < -0.39 is 8.32 Å². The highest BCUT2D eigenvalue weighted by atomic mass is 28.4. The molecule has 5 aliphatic rings. The van der Waals surface area contributed by atoms with Crippen molar-refractivity contribution in [3.8, 4) is 0 Å². The van der Waals surface area contributed by atoms with Crippen LogP contribution in [0.25, 0.3) is 0 Å². The van der Waals surface area contributed by atoms with Crippen LogP contribution in [-0.2, 0) is 14.3 Å². The number of likely N-dealkylation sites (tertiary alicyclic amines) is 1. The SMILES string of the molecule is C[Si](C)(O)C1COC2CCC(C(=O)N3CCC4(CC3)COC3CCC(CN)CC34)CC21. The predicted octanol–water partition coefficient (Wildman–Crippen LogP) is 2.75. The molecule has 3 N–H and O–H groups in total. The maximum Gasteiger partial charge on any atom is 0.225 e. The van der Waals surface area contributed by atoms with E-state index in [-0.39, 0.29) is 23.0 Å². The molecule has 3 heterocycles. The van der Waals surface area contributed by atoms with E-state index in [2.05, 4.69) is 4.90 Å². The van der Waals surface area contributed by atoms with Crippen molar-refractivity contribution >= 4 is 14.2 Å².